The Morgan fingerprint density at radius 1 is 1.09 bits per heavy atom. The number of hydrogen-bond donors (Lipinski definition) is 0. The van der Waals surface area contributed by atoms with Gasteiger partial charge in [0.2, 0.25) is 11.8 Å². The number of amides is 2. The monoisotopic (exact) mass is 324 g/mol. The maximum atomic E-state index is 11.8. The summed E-state index contributed by atoms with van der Waals surface area (Å²) in [6, 6.07) is 0.490. The highest BCUT2D eigenvalue weighted by Gasteiger charge is 2.28. The minimum absolute atomic E-state index is 0.183. The van der Waals surface area contributed by atoms with E-state index in [1.165, 1.54) is 0 Å². The van der Waals surface area contributed by atoms with Gasteiger partial charge in [-0.25, -0.2) is 0 Å². The summed E-state index contributed by atoms with van der Waals surface area (Å²) in [5, 5.41) is 0. The Kier molecular flexibility index (Phi) is 6.41. The van der Waals surface area contributed by atoms with Crippen LogP contribution in [-0.4, -0.2) is 97.4 Å². The van der Waals surface area contributed by atoms with Crippen molar-refractivity contribution >= 4 is 11.8 Å². The van der Waals surface area contributed by atoms with E-state index in [0.717, 1.165) is 52.1 Å². The first-order valence-corrected chi connectivity index (χ1v) is 8.79. The van der Waals surface area contributed by atoms with Crippen molar-refractivity contribution in [1.29, 1.82) is 0 Å². The van der Waals surface area contributed by atoms with E-state index in [-0.39, 0.29) is 11.8 Å². The number of carbonyl (C=O) groups excluding carboxylic acids is 2. The lowest BCUT2D eigenvalue weighted by molar-refractivity contribution is -0.131. The SMILES string of the molecule is CC(=O)N1CCC(CN2CCN(CC(=O)N(C)C)C[C@@H]2C)CC1. The van der Waals surface area contributed by atoms with E-state index in [2.05, 4.69) is 16.7 Å². The van der Waals surface area contributed by atoms with Gasteiger partial charge in [0.15, 0.2) is 0 Å². The highest BCUT2D eigenvalue weighted by molar-refractivity contribution is 5.77. The molecule has 6 heteroatoms. The van der Waals surface area contributed by atoms with Crippen molar-refractivity contribution in [1.82, 2.24) is 19.6 Å². The maximum absolute atomic E-state index is 11.8. The molecule has 23 heavy (non-hydrogen) atoms. The van der Waals surface area contributed by atoms with Crippen LogP contribution < -0.4 is 0 Å². The quantitative estimate of drug-likeness (QED) is 0.748. The number of piperazine rings is 1. The second kappa shape index (κ2) is 8.11. The summed E-state index contributed by atoms with van der Waals surface area (Å²) in [6.45, 7) is 10.4. The molecule has 0 saturated carbocycles. The first-order valence-electron chi connectivity index (χ1n) is 8.79. The third-order valence-electron chi connectivity index (χ3n) is 5.26. The Balaban J connectivity index is 1.74. The Morgan fingerprint density at radius 3 is 2.26 bits per heavy atom. The van der Waals surface area contributed by atoms with Crippen LogP contribution in [0.15, 0.2) is 0 Å². The lowest BCUT2D eigenvalue weighted by Gasteiger charge is -2.42. The number of rotatable bonds is 4. The van der Waals surface area contributed by atoms with Gasteiger partial charge in [-0.3, -0.25) is 19.4 Å². The Labute approximate surface area is 140 Å². The fraction of sp³-hybridized carbons (Fsp3) is 0.882. The van der Waals surface area contributed by atoms with E-state index in [0.29, 0.717) is 18.5 Å². The molecule has 2 aliphatic rings. The number of piperidine rings is 1. The fourth-order valence-corrected chi connectivity index (χ4v) is 3.58. The van der Waals surface area contributed by atoms with Crippen LogP contribution in [0.4, 0.5) is 0 Å². The second-order valence-corrected chi connectivity index (χ2v) is 7.32. The molecule has 0 N–H and O–H groups in total. The van der Waals surface area contributed by atoms with Crippen LogP contribution in [0.1, 0.15) is 26.7 Å². The molecular formula is C17H32N4O2. The Morgan fingerprint density at radius 2 is 1.74 bits per heavy atom. The molecule has 0 radical (unpaired) electrons. The predicted molar refractivity (Wildman–Crippen MR) is 91.1 cm³/mol. The molecule has 2 rings (SSSR count). The minimum atomic E-state index is 0.183. The fourth-order valence-electron chi connectivity index (χ4n) is 3.58. The standard InChI is InChI=1S/C17H32N4O2/c1-14-11-19(13-17(23)18(3)4)9-10-21(14)12-16-5-7-20(8-6-16)15(2)22/h14,16H,5-13H2,1-4H3/t14-/m0/s1. The van der Waals surface area contributed by atoms with Gasteiger partial charge in [-0.2, -0.15) is 0 Å². The highest BCUT2D eigenvalue weighted by atomic mass is 16.2. The van der Waals surface area contributed by atoms with E-state index in [1.807, 2.05) is 19.0 Å². The van der Waals surface area contributed by atoms with Crippen LogP contribution in [0.2, 0.25) is 0 Å². The van der Waals surface area contributed by atoms with Crippen LogP contribution in [0, 0.1) is 5.92 Å². The van der Waals surface area contributed by atoms with E-state index in [4.69, 9.17) is 0 Å². The van der Waals surface area contributed by atoms with Gasteiger partial charge < -0.3 is 9.80 Å². The molecular weight excluding hydrogens is 292 g/mol. The number of likely N-dealkylation sites (N-methyl/N-ethyl adjacent to an activating group) is 1. The zero-order valence-corrected chi connectivity index (χ0v) is 15.1. The zero-order chi connectivity index (χ0) is 17.0. The summed E-state index contributed by atoms with van der Waals surface area (Å²) < 4.78 is 0. The third-order valence-corrected chi connectivity index (χ3v) is 5.26. The smallest absolute Gasteiger partial charge is 0.236 e. The minimum Gasteiger partial charge on any atom is -0.348 e. The number of hydrogen-bond acceptors (Lipinski definition) is 4. The molecule has 0 aromatic rings. The number of likely N-dealkylation sites (tertiary alicyclic amines) is 1. The molecule has 0 aromatic heterocycles. The van der Waals surface area contributed by atoms with Crippen LogP contribution in [0.5, 0.6) is 0 Å². The summed E-state index contributed by atoms with van der Waals surface area (Å²) in [5.41, 5.74) is 0. The number of nitrogens with zero attached hydrogens (tertiary/aromatic N) is 4. The summed E-state index contributed by atoms with van der Waals surface area (Å²) in [7, 11) is 3.63. The molecule has 2 aliphatic heterocycles. The van der Waals surface area contributed by atoms with Gasteiger partial charge in [0.1, 0.15) is 0 Å². The highest BCUT2D eigenvalue weighted by Crippen LogP contribution is 2.21. The van der Waals surface area contributed by atoms with Gasteiger partial charge in [0.25, 0.3) is 0 Å². The summed E-state index contributed by atoms with van der Waals surface area (Å²) in [4.78, 5) is 31.7. The van der Waals surface area contributed by atoms with E-state index >= 15 is 0 Å². The van der Waals surface area contributed by atoms with Crippen LogP contribution in [0.25, 0.3) is 0 Å². The van der Waals surface area contributed by atoms with Gasteiger partial charge in [-0.15, -0.1) is 0 Å². The molecule has 132 valence electrons. The van der Waals surface area contributed by atoms with Crippen molar-refractivity contribution in [3.63, 3.8) is 0 Å². The van der Waals surface area contributed by atoms with Crippen LogP contribution in [-0.2, 0) is 9.59 Å². The van der Waals surface area contributed by atoms with Crippen molar-refractivity contribution in [2.24, 2.45) is 5.92 Å². The second-order valence-electron chi connectivity index (χ2n) is 7.32. The first kappa shape index (κ1) is 18.2. The zero-order valence-electron chi connectivity index (χ0n) is 15.1. The molecule has 0 aliphatic carbocycles. The molecule has 6 nitrogen and oxygen atoms in total. The lowest BCUT2D eigenvalue weighted by atomic mass is 9.95. The first-order chi connectivity index (χ1) is 10.9. The molecule has 0 bridgehead atoms. The molecule has 2 saturated heterocycles. The van der Waals surface area contributed by atoms with Crippen molar-refractivity contribution < 1.29 is 9.59 Å². The largest absolute Gasteiger partial charge is 0.348 e. The van der Waals surface area contributed by atoms with Crippen molar-refractivity contribution in [2.75, 3.05) is 59.9 Å². The maximum Gasteiger partial charge on any atom is 0.236 e. The van der Waals surface area contributed by atoms with Crippen LogP contribution in [0.3, 0.4) is 0 Å². The van der Waals surface area contributed by atoms with Gasteiger partial charge in [-0.1, -0.05) is 0 Å². The summed E-state index contributed by atoms with van der Waals surface area (Å²) >= 11 is 0. The van der Waals surface area contributed by atoms with Crippen molar-refractivity contribution in [3.05, 3.63) is 0 Å². The predicted octanol–water partition coefficient (Wildman–Crippen LogP) is 0.339. The van der Waals surface area contributed by atoms with Crippen molar-refractivity contribution in [2.45, 2.75) is 32.7 Å². The average molecular weight is 324 g/mol. The van der Waals surface area contributed by atoms with Gasteiger partial charge in [-0.05, 0) is 25.7 Å². The van der Waals surface area contributed by atoms with Gasteiger partial charge in [0, 0.05) is 66.3 Å². The normalized spacial score (nSPS) is 24.7. The molecule has 1 atom stereocenters. The molecule has 2 amide bonds. The lowest BCUT2D eigenvalue weighted by Crippen LogP contribution is -2.55. The average Bonchev–Trinajstić information content (AvgIpc) is 2.50. The van der Waals surface area contributed by atoms with Crippen molar-refractivity contribution in [3.8, 4) is 0 Å². The Bertz CT molecular complexity index is 419. The van der Waals surface area contributed by atoms with Gasteiger partial charge >= 0.3 is 0 Å². The summed E-state index contributed by atoms with van der Waals surface area (Å²) in [6.07, 6.45) is 2.23. The van der Waals surface area contributed by atoms with E-state index in [9.17, 15) is 9.59 Å². The molecule has 0 unspecified atom stereocenters. The van der Waals surface area contributed by atoms with Gasteiger partial charge in [0.05, 0.1) is 6.54 Å². The molecule has 0 spiro atoms. The third kappa shape index (κ3) is 5.18. The molecule has 2 heterocycles. The number of carbonyl (C=O) groups is 2. The van der Waals surface area contributed by atoms with E-state index < -0.39 is 0 Å². The Hall–Kier alpha value is -1.14. The van der Waals surface area contributed by atoms with Crippen LogP contribution >= 0.6 is 0 Å². The molecule has 2 fully saturated rings. The topological polar surface area (TPSA) is 47.1 Å². The van der Waals surface area contributed by atoms with E-state index in [1.54, 1.807) is 11.8 Å². The summed E-state index contributed by atoms with van der Waals surface area (Å²) in [5.74, 6) is 1.08. The molecule has 0 aromatic carbocycles.